The lowest BCUT2D eigenvalue weighted by atomic mass is 10.1. The van der Waals surface area contributed by atoms with Crippen molar-refractivity contribution in [3.8, 4) is 5.75 Å². The fraction of sp³-hybridized carbons (Fsp3) is 0.316. The second-order valence-electron chi connectivity index (χ2n) is 6.03. The maximum atomic E-state index is 12.0. The van der Waals surface area contributed by atoms with Crippen molar-refractivity contribution in [1.29, 1.82) is 0 Å². The highest BCUT2D eigenvalue weighted by Gasteiger charge is 2.11. The van der Waals surface area contributed by atoms with Crippen molar-refractivity contribution in [2.45, 2.75) is 33.6 Å². The Morgan fingerprint density at radius 1 is 1.12 bits per heavy atom. The molecule has 132 valence electrons. The molecule has 0 heterocycles. The molecule has 0 aliphatic heterocycles. The van der Waals surface area contributed by atoms with Gasteiger partial charge < -0.3 is 10.1 Å². The topological polar surface area (TPSA) is 81.5 Å². The second-order valence-corrected chi connectivity index (χ2v) is 6.03. The van der Waals surface area contributed by atoms with Gasteiger partial charge in [0.1, 0.15) is 5.75 Å². The molecule has 1 N–H and O–H groups in total. The highest BCUT2D eigenvalue weighted by atomic mass is 16.6. The van der Waals surface area contributed by atoms with Crippen LogP contribution in [0.3, 0.4) is 0 Å². The van der Waals surface area contributed by atoms with E-state index >= 15 is 0 Å². The zero-order chi connectivity index (χ0) is 18.4. The van der Waals surface area contributed by atoms with Crippen LogP contribution in [0.5, 0.6) is 5.75 Å². The molecule has 2 rings (SSSR count). The number of benzene rings is 2. The summed E-state index contributed by atoms with van der Waals surface area (Å²) in [6.45, 7) is 6.24. The molecule has 6 nitrogen and oxygen atoms in total. The predicted octanol–water partition coefficient (Wildman–Crippen LogP) is 4.32. The van der Waals surface area contributed by atoms with Gasteiger partial charge in [-0.3, -0.25) is 14.9 Å². The van der Waals surface area contributed by atoms with E-state index < -0.39 is 4.92 Å². The summed E-state index contributed by atoms with van der Waals surface area (Å²) < 4.78 is 5.70. The van der Waals surface area contributed by atoms with Crippen LogP contribution in [-0.4, -0.2) is 17.4 Å². The van der Waals surface area contributed by atoms with Crippen molar-refractivity contribution >= 4 is 17.3 Å². The number of nitro groups is 1. The van der Waals surface area contributed by atoms with Crippen LogP contribution >= 0.6 is 0 Å². The van der Waals surface area contributed by atoms with E-state index in [1.807, 2.05) is 32.0 Å². The van der Waals surface area contributed by atoms with Crippen LogP contribution in [-0.2, 0) is 4.79 Å². The molecule has 0 bridgehead atoms. The van der Waals surface area contributed by atoms with E-state index in [4.69, 9.17) is 4.74 Å². The number of amides is 1. The molecule has 2 aromatic carbocycles. The minimum atomic E-state index is -0.479. The van der Waals surface area contributed by atoms with Gasteiger partial charge >= 0.3 is 0 Å². The Bertz CT molecular complexity index is 787. The van der Waals surface area contributed by atoms with Crippen LogP contribution < -0.4 is 10.1 Å². The van der Waals surface area contributed by atoms with Crippen LogP contribution in [0.2, 0.25) is 0 Å². The van der Waals surface area contributed by atoms with Crippen LogP contribution in [0.4, 0.5) is 11.4 Å². The lowest BCUT2D eigenvalue weighted by Gasteiger charge is -2.10. The van der Waals surface area contributed by atoms with Gasteiger partial charge in [0.25, 0.3) is 5.69 Å². The summed E-state index contributed by atoms with van der Waals surface area (Å²) in [5.41, 5.74) is 3.45. The van der Waals surface area contributed by atoms with E-state index in [0.29, 0.717) is 18.7 Å². The van der Waals surface area contributed by atoms with Crippen LogP contribution in [0, 0.1) is 30.9 Å². The van der Waals surface area contributed by atoms with E-state index in [2.05, 4.69) is 5.32 Å². The summed E-state index contributed by atoms with van der Waals surface area (Å²) in [5, 5.41) is 13.5. The lowest BCUT2D eigenvalue weighted by molar-refractivity contribution is -0.384. The molecular weight excluding hydrogens is 320 g/mol. The first-order valence-corrected chi connectivity index (χ1v) is 8.12. The van der Waals surface area contributed by atoms with E-state index in [0.717, 1.165) is 16.9 Å². The molecule has 0 aliphatic carbocycles. The molecule has 0 radical (unpaired) electrons. The lowest BCUT2D eigenvalue weighted by Crippen LogP contribution is -2.14. The summed E-state index contributed by atoms with van der Waals surface area (Å²) in [6.07, 6.45) is 0.847. The van der Waals surface area contributed by atoms with Gasteiger partial charge in [-0.2, -0.15) is 0 Å². The smallest absolute Gasteiger partial charge is 0.271 e. The van der Waals surface area contributed by atoms with Crippen LogP contribution in [0.1, 0.15) is 29.5 Å². The van der Waals surface area contributed by atoms with Gasteiger partial charge in [-0.15, -0.1) is 0 Å². The quantitative estimate of drug-likeness (QED) is 0.461. The SMILES string of the molecule is Cc1ccc(OCCCC(=O)Nc2cc([N+](=O)[O-])ccc2C)c(C)c1. The Kier molecular flexibility index (Phi) is 6.11. The van der Waals surface area contributed by atoms with Gasteiger partial charge in [-0.05, 0) is 44.4 Å². The maximum Gasteiger partial charge on any atom is 0.271 e. The number of carbonyl (C=O) groups is 1. The van der Waals surface area contributed by atoms with Gasteiger partial charge in [0.2, 0.25) is 5.91 Å². The predicted molar refractivity (Wildman–Crippen MR) is 97.1 cm³/mol. The Morgan fingerprint density at radius 3 is 2.56 bits per heavy atom. The average Bonchev–Trinajstić information content (AvgIpc) is 2.55. The summed E-state index contributed by atoms with van der Waals surface area (Å²) in [4.78, 5) is 22.4. The molecule has 0 saturated carbocycles. The highest BCUT2D eigenvalue weighted by molar-refractivity contribution is 5.91. The molecule has 0 atom stereocenters. The third-order valence-corrected chi connectivity index (χ3v) is 3.84. The molecule has 2 aromatic rings. The Morgan fingerprint density at radius 2 is 1.88 bits per heavy atom. The summed E-state index contributed by atoms with van der Waals surface area (Å²) >= 11 is 0. The van der Waals surface area contributed by atoms with Gasteiger partial charge in [-0.1, -0.05) is 23.8 Å². The average molecular weight is 342 g/mol. The third kappa shape index (κ3) is 5.31. The normalized spacial score (nSPS) is 10.4. The maximum absolute atomic E-state index is 12.0. The van der Waals surface area contributed by atoms with Crippen molar-refractivity contribution in [3.05, 3.63) is 63.2 Å². The molecule has 1 amide bonds. The monoisotopic (exact) mass is 342 g/mol. The Balaban J connectivity index is 1.83. The first kappa shape index (κ1) is 18.4. The van der Waals surface area contributed by atoms with Gasteiger partial charge in [0.05, 0.1) is 17.2 Å². The molecule has 0 saturated heterocycles. The number of ether oxygens (including phenoxy) is 1. The first-order valence-electron chi connectivity index (χ1n) is 8.12. The summed E-state index contributed by atoms with van der Waals surface area (Å²) in [7, 11) is 0. The minimum Gasteiger partial charge on any atom is -0.493 e. The van der Waals surface area contributed by atoms with Gasteiger partial charge in [0.15, 0.2) is 0 Å². The minimum absolute atomic E-state index is 0.0425. The fourth-order valence-corrected chi connectivity index (χ4v) is 2.45. The largest absolute Gasteiger partial charge is 0.493 e. The molecular formula is C19H22N2O4. The Labute approximate surface area is 147 Å². The van der Waals surface area contributed by atoms with Gasteiger partial charge in [-0.25, -0.2) is 0 Å². The summed E-state index contributed by atoms with van der Waals surface area (Å²) in [5.74, 6) is 0.633. The van der Waals surface area contributed by atoms with E-state index in [1.165, 1.54) is 17.7 Å². The third-order valence-electron chi connectivity index (χ3n) is 3.84. The number of carbonyl (C=O) groups excluding carboxylic acids is 1. The van der Waals surface area contributed by atoms with E-state index in [1.54, 1.807) is 13.0 Å². The second kappa shape index (κ2) is 8.28. The van der Waals surface area contributed by atoms with Gasteiger partial charge in [0, 0.05) is 18.6 Å². The Hall–Kier alpha value is -2.89. The van der Waals surface area contributed by atoms with E-state index in [9.17, 15) is 14.9 Å². The number of nitrogens with one attached hydrogen (secondary N) is 1. The standard InChI is InChI=1S/C19H22N2O4/c1-13-6-9-18(15(3)11-13)25-10-4-5-19(22)20-17-12-16(21(23)24)8-7-14(17)2/h6-9,11-12H,4-5,10H2,1-3H3,(H,20,22). The molecule has 0 fully saturated rings. The van der Waals surface area contributed by atoms with Crippen molar-refractivity contribution < 1.29 is 14.5 Å². The number of nitrogens with zero attached hydrogens (tertiary/aromatic N) is 1. The van der Waals surface area contributed by atoms with Crippen molar-refractivity contribution in [2.24, 2.45) is 0 Å². The van der Waals surface area contributed by atoms with Crippen molar-refractivity contribution in [1.82, 2.24) is 0 Å². The number of anilines is 1. The van der Waals surface area contributed by atoms with Crippen LogP contribution in [0.15, 0.2) is 36.4 Å². The zero-order valence-electron chi connectivity index (χ0n) is 14.7. The number of nitro benzene ring substituents is 1. The number of aryl methyl sites for hydroxylation is 3. The fourth-order valence-electron chi connectivity index (χ4n) is 2.45. The highest BCUT2D eigenvalue weighted by Crippen LogP contribution is 2.22. The molecule has 0 aromatic heterocycles. The van der Waals surface area contributed by atoms with E-state index in [-0.39, 0.29) is 18.0 Å². The number of non-ortho nitro benzene ring substituents is 1. The zero-order valence-corrected chi connectivity index (χ0v) is 14.7. The van der Waals surface area contributed by atoms with Crippen molar-refractivity contribution in [2.75, 3.05) is 11.9 Å². The number of hydrogen-bond donors (Lipinski definition) is 1. The molecule has 0 unspecified atom stereocenters. The number of rotatable bonds is 7. The van der Waals surface area contributed by atoms with Crippen molar-refractivity contribution in [3.63, 3.8) is 0 Å². The molecule has 25 heavy (non-hydrogen) atoms. The first-order chi connectivity index (χ1) is 11.9. The molecule has 0 aliphatic rings. The number of hydrogen-bond acceptors (Lipinski definition) is 4. The summed E-state index contributed by atoms with van der Waals surface area (Å²) in [6, 6.07) is 10.4. The van der Waals surface area contributed by atoms with Crippen LogP contribution in [0.25, 0.3) is 0 Å². The molecule has 0 spiro atoms. The molecule has 6 heteroatoms.